The molecule has 1 rings (SSSR count). The number of hydrogen-bond donors (Lipinski definition) is 1. The fourth-order valence-electron chi connectivity index (χ4n) is 4.46. The summed E-state index contributed by atoms with van der Waals surface area (Å²) in [6.45, 7) is 20.7. The largest absolute Gasteiger partial charge is 0.402 e. The Morgan fingerprint density at radius 2 is 1.75 bits per heavy atom. The minimum Gasteiger partial charge on any atom is -0.402 e. The van der Waals surface area contributed by atoms with Crippen LogP contribution in [0.25, 0.3) is 5.57 Å². The number of Topliss-reactive ketones (excluding diaryl/α,β-unsaturated/α-hetero) is 1. The van der Waals surface area contributed by atoms with Crippen LogP contribution in [0.15, 0.2) is 52.8 Å². The molecule has 3 nitrogen and oxygen atoms in total. The van der Waals surface area contributed by atoms with Crippen LogP contribution in [0.3, 0.4) is 0 Å². The number of hydrogen-bond acceptors (Lipinski definition) is 3. The van der Waals surface area contributed by atoms with Crippen molar-refractivity contribution < 1.29 is 4.79 Å². The molecule has 32 heavy (non-hydrogen) atoms. The van der Waals surface area contributed by atoms with Crippen LogP contribution in [0, 0.1) is 12.8 Å². The number of aliphatic imine (C=N–C) groups is 1. The fourth-order valence-corrected chi connectivity index (χ4v) is 4.46. The van der Waals surface area contributed by atoms with Crippen molar-refractivity contribution in [2.24, 2.45) is 16.6 Å². The number of carbonyl (C=O) groups excluding carboxylic acids is 1. The minimum absolute atomic E-state index is 0.0123. The number of rotatable bonds is 12. The second-order valence-corrected chi connectivity index (χ2v) is 9.21. The lowest BCUT2D eigenvalue weighted by atomic mass is 9.66. The zero-order valence-corrected chi connectivity index (χ0v) is 21.6. The molecular formula is C29H44N2O. The van der Waals surface area contributed by atoms with Crippen LogP contribution in [0.5, 0.6) is 0 Å². The summed E-state index contributed by atoms with van der Waals surface area (Å²) in [4.78, 5) is 18.0. The SMILES string of the molecule is C=C(/C=C(N=CCC)\C(C)=C(/C)N)c1ccc(C(CCC)(CCC)C(=O)C(C)C)c(C)c1. The smallest absolute Gasteiger partial charge is 0.145 e. The van der Waals surface area contributed by atoms with E-state index in [1.807, 2.05) is 40.0 Å². The predicted molar refractivity (Wildman–Crippen MR) is 141 cm³/mol. The molecule has 0 amide bonds. The number of ketones is 1. The molecular weight excluding hydrogens is 392 g/mol. The van der Waals surface area contributed by atoms with Crippen LogP contribution in [0.2, 0.25) is 0 Å². The van der Waals surface area contributed by atoms with E-state index in [9.17, 15) is 4.79 Å². The lowest BCUT2D eigenvalue weighted by molar-refractivity contribution is -0.128. The number of carbonyl (C=O) groups is 1. The van der Waals surface area contributed by atoms with Gasteiger partial charge in [-0.2, -0.15) is 0 Å². The molecule has 1 aromatic carbocycles. The van der Waals surface area contributed by atoms with Crippen molar-refractivity contribution in [3.8, 4) is 0 Å². The van der Waals surface area contributed by atoms with Gasteiger partial charge in [-0.1, -0.05) is 72.2 Å². The molecule has 0 aliphatic carbocycles. The normalized spacial score (nSPS) is 13.6. The van der Waals surface area contributed by atoms with Crippen molar-refractivity contribution in [1.29, 1.82) is 0 Å². The lowest BCUT2D eigenvalue weighted by Gasteiger charge is -2.36. The van der Waals surface area contributed by atoms with Crippen LogP contribution in [-0.4, -0.2) is 12.0 Å². The van der Waals surface area contributed by atoms with Gasteiger partial charge < -0.3 is 5.73 Å². The van der Waals surface area contributed by atoms with Gasteiger partial charge in [0.2, 0.25) is 0 Å². The first kappa shape index (κ1) is 27.6. The number of aryl methyl sites for hydroxylation is 1. The molecule has 2 N–H and O–H groups in total. The number of nitrogens with two attached hydrogens (primary N) is 1. The Balaban J connectivity index is 3.53. The van der Waals surface area contributed by atoms with Crippen molar-refractivity contribution in [1.82, 2.24) is 0 Å². The maximum absolute atomic E-state index is 13.4. The van der Waals surface area contributed by atoms with Crippen LogP contribution in [-0.2, 0) is 10.2 Å². The molecule has 0 aliphatic rings. The Bertz CT molecular complexity index is 890. The fraction of sp³-hybridized carbons (Fsp3) is 0.517. The third-order valence-electron chi connectivity index (χ3n) is 6.16. The van der Waals surface area contributed by atoms with Crippen molar-refractivity contribution in [3.63, 3.8) is 0 Å². The monoisotopic (exact) mass is 436 g/mol. The maximum Gasteiger partial charge on any atom is 0.145 e. The topological polar surface area (TPSA) is 55.4 Å². The van der Waals surface area contributed by atoms with Gasteiger partial charge in [-0.15, -0.1) is 0 Å². The molecule has 0 bridgehead atoms. The molecule has 0 aromatic heterocycles. The second-order valence-electron chi connectivity index (χ2n) is 9.21. The molecule has 0 spiro atoms. The standard InChI is InChI=1S/C29H44N2O/c1-10-15-29(16-11-2,28(32)20(4)5)26-14-13-25(18-22(26)7)21(6)19-27(31-17-12-3)23(8)24(9)30/h13-14,17-20H,6,10-12,15-16,30H2,1-5,7-9H3/b24-23+,27-19+,31-17?. The predicted octanol–water partition coefficient (Wildman–Crippen LogP) is 7.69. The third kappa shape index (κ3) is 6.54. The first-order valence-electron chi connectivity index (χ1n) is 12.1. The van der Waals surface area contributed by atoms with E-state index in [4.69, 9.17) is 5.73 Å². The Morgan fingerprint density at radius 1 is 1.16 bits per heavy atom. The number of nitrogens with zero attached hydrogens (tertiary/aromatic N) is 1. The van der Waals surface area contributed by atoms with Crippen molar-refractivity contribution in [2.75, 3.05) is 0 Å². The van der Waals surface area contributed by atoms with Gasteiger partial charge in [0.25, 0.3) is 0 Å². The molecule has 0 aliphatic heterocycles. The molecule has 0 heterocycles. The Morgan fingerprint density at radius 3 is 2.19 bits per heavy atom. The highest BCUT2D eigenvalue weighted by Crippen LogP contribution is 2.40. The van der Waals surface area contributed by atoms with Crippen LogP contribution in [0.4, 0.5) is 0 Å². The summed E-state index contributed by atoms with van der Waals surface area (Å²) in [5.74, 6) is 0.365. The van der Waals surface area contributed by atoms with E-state index in [1.165, 1.54) is 5.56 Å². The van der Waals surface area contributed by atoms with Gasteiger partial charge in [-0.25, -0.2) is 0 Å². The highest BCUT2D eigenvalue weighted by Gasteiger charge is 2.40. The first-order valence-corrected chi connectivity index (χ1v) is 12.1. The average molecular weight is 437 g/mol. The summed E-state index contributed by atoms with van der Waals surface area (Å²) < 4.78 is 0. The van der Waals surface area contributed by atoms with E-state index >= 15 is 0 Å². The zero-order chi connectivity index (χ0) is 24.5. The summed E-state index contributed by atoms with van der Waals surface area (Å²) >= 11 is 0. The van der Waals surface area contributed by atoms with Crippen LogP contribution < -0.4 is 5.73 Å². The molecule has 1 aromatic rings. The molecule has 0 unspecified atom stereocenters. The quantitative estimate of drug-likeness (QED) is 0.270. The molecule has 176 valence electrons. The molecule has 0 saturated carbocycles. The number of benzene rings is 1. The molecule has 3 heteroatoms. The Hall–Kier alpha value is -2.42. The van der Waals surface area contributed by atoms with E-state index in [-0.39, 0.29) is 5.92 Å². The van der Waals surface area contributed by atoms with E-state index in [2.05, 4.69) is 57.5 Å². The van der Waals surface area contributed by atoms with Gasteiger partial charge in [-0.05, 0) is 73.9 Å². The Kier molecular flexibility index (Phi) is 10.9. The van der Waals surface area contributed by atoms with Gasteiger partial charge in [0.1, 0.15) is 5.78 Å². The van der Waals surface area contributed by atoms with E-state index in [0.29, 0.717) is 5.78 Å². The van der Waals surface area contributed by atoms with Gasteiger partial charge in [0.05, 0.1) is 11.1 Å². The van der Waals surface area contributed by atoms with Gasteiger partial charge >= 0.3 is 0 Å². The van der Waals surface area contributed by atoms with Crippen molar-refractivity contribution >= 4 is 17.6 Å². The summed E-state index contributed by atoms with van der Waals surface area (Å²) in [7, 11) is 0. The van der Waals surface area contributed by atoms with Crippen molar-refractivity contribution in [3.05, 3.63) is 64.5 Å². The first-order chi connectivity index (χ1) is 15.0. The van der Waals surface area contributed by atoms with E-state index < -0.39 is 5.41 Å². The summed E-state index contributed by atoms with van der Waals surface area (Å²) in [5.41, 5.74) is 12.4. The Labute approximate surface area is 196 Å². The van der Waals surface area contributed by atoms with E-state index in [1.54, 1.807) is 0 Å². The van der Waals surface area contributed by atoms with Gasteiger partial charge in [-0.3, -0.25) is 9.79 Å². The molecule has 0 atom stereocenters. The van der Waals surface area contributed by atoms with Gasteiger partial charge in [0, 0.05) is 17.8 Å². The molecule has 0 saturated heterocycles. The van der Waals surface area contributed by atoms with Gasteiger partial charge in [0.15, 0.2) is 0 Å². The maximum atomic E-state index is 13.4. The summed E-state index contributed by atoms with van der Waals surface area (Å²) in [6, 6.07) is 6.42. The lowest BCUT2D eigenvalue weighted by Crippen LogP contribution is -2.39. The highest BCUT2D eigenvalue weighted by atomic mass is 16.1. The van der Waals surface area contributed by atoms with E-state index in [0.717, 1.165) is 65.8 Å². The molecule has 0 fully saturated rings. The van der Waals surface area contributed by atoms with Crippen molar-refractivity contribution in [2.45, 2.75) is 92.9 Å². The molecule has 0 radical (unpaired) electrons. The van der Waals surface area contributed by atoms with Crippen LogP contribution in [0.1, 0.15) is 97.3 Å². The summed E-state index contributed by atoms with van der Waals surface area (Å²) in [6.07, 6.45) is 8.48. The second kappa shape index (κ2) is 12.6. The average Bonchev–Trinajstić information content (AvgIpc) is 2.74. The highest BCUT2D eigenvalue weighted by molar-refractivity contribution is 5.92. The van der Waals surface area contributed by atoms with Crippen LogP contribution >= 0.6 is 0 Å². The zero-order valence-electron chi connectivity index (χ0n) is 21.6. The summed E-state index contributed by atoms with van der Waals surface area (Å²) in [5, 5.41) is 0. The third-order valence-corrected chi connectivity index (χ3v) is 6.16. The number of allylic oxidation sites excluding steroid dienone is 4. The minimum atomic E-state index is -0.413.